The molecule has 0 bridgehead atoms. The van der Waals surface area contributed by atoms with Gasteiger partial charge in [0.15, 0.2) is 5.16 Å². The molecule has 0 radical (unpaired) electrons. The molecule has 0 amide bonds. The molecule has 8 heteroatoms. The molecule has 0 unspecified atom stereocenters. The van der Waals surface area contributed by atoms with Crippen molar-refractivity contribution in [1.82, 2.24) is 19.7 Å². The van der Waals surface area contributed by atoms with E-state index in [9.17, 15) is 10.1 Å². The van der Waals surface area contributed by atoms with Crippen LogP contribution in [0.3, 0.4) is 0 Å². The fourth-order valence-corrected chi connectivity index (χ4v) is 4.19. The number of nitro groups is 1. The number of benzene rings is 1. The highest BCUT2D eigenvalue weighted by molar-refractivity contribution is 7.99. The van der Waals surface area contributed by atoms with E-state index in [4.69, 9.17) is 0 Å². The Morgan fingerprint density at radius 3 is 2.68 bits per heavy atom. The number of fused-ring (bicyclic) bond motifs is 1. The second-order valence-electron chi connectivity index (χ2n) is 6.58. The fraction of sp³-hybridized carbons (Fsp3) is 0.353. The lowest BCUT2D eigenvalue weighted by atomic mass is 10.1. The van der Waals surface area contributed by atoms with Gasteiger partial charge in [-0.2, -0.15) is 0 Å². The van der Waals surface area contributed by atoms with Crippen LogP contribution in [0.4, 0.5) is 5.69 Å². The molecule has 25 heavy (non-hydrogen) atoms. The SMILES string of the molecule is O=[N+]([O-])c1ccc(Sc2nnc(C3CC3)n2C2CC2)c2ccncc12. The molecule has 2 aliphatic rings. The van der Waals surface area contributed by atoms with E-state index >= 15 is 0 Å². The van der Waals surface area contributed by atoms with Crippen molar-refractivity contribution in [2.45, 2.75) is 47.7 Å². The van der Waals surface area contributed by atoms with Crippen LogP contribution in [0.5, 0.6) is 0 Å². The zero-order chi connectivity index (χ0) is 17.0. The first-order chi connectivity index (χ1) is 12.2. The Balaban J connectivity index is 1.59. The minimum Gasteiger partial charge on any atom is -0.302 e. The molecule has 3 aromatic rings. The van der Waals surface area contributed by atoms with E-state index < -0.39 is 0 Å². The maximum Gasteiger partial charge on any atom is 0.278 e. The van der Waals surface area contributed by atoms with E-state index in [2.05, 4.69) is 19.7 Å². The molecule has 2 fully saturated rings. The Kier molecular flexibility index (Phi) is 3.27. The third-order valence-electron chi connectivity index (χ3n) is 4.70. The second kappa shape index (κ2) is 5.52. The van der Waals surface area contributed by atoms with E-state index in [-0.39, 0.29) is 10.6 Å². The van der Waals surface area contributed by atoms with Gasteiger partial charge in [-0.1, -0.05) is 0 Å². The molecule has 2 heterocycles. The summed E-state index contributed by atoms with van der Waals surface area (Å²) in [6, 6.07) is 5.68. The molecule has 2 saturated carbocycles. The lowest BCUT2D eigenvalue weighted by Crippen LogP contribution is -2.01. The highest BCUT2D eigenvalue weighted by Crippen LogP contribution is 2.47. The predicted octanol–water partition coefficient (Wildman–Crippen LogP) is 4.10. The van der Waals surface area contributed by atoms with Crippen molar-refractivity contribution in [3.63, 3.8) is 0 Å². The summed E-state index contributed by atoms with van der Waals surface area (Å²) >= 11 is 1.54. The summed E-state index contributed by atoms with van der Waals surface area (Å²) < 4.78 is 2.29. The molecular weight excluding hydrogens is 338 g/mol. The molecular formula is C17H15N5O2S. The van der Waals surface area contributed by atoms with E-state index in [1.165, 1.54) is 37.4 Å². The highest BCUT2D eigenvalue weighted by Gasteiger charge is 2.36. The first kappa shape index (κ1) is 14.8. The van der Waals surface area contributed by atoms with Crippen LogP contribution in [0.15, 0.2) is 40.6 Å². The number of nitro benzene ring substituents is 1. The predicted molar refractivity (Wildman–Crippen MR) is 92.8 cm³/mol. The van der Waals surface area contributed by atoms with Crippen LogP contribution in [0.25, 0.3) is 10.8 Å². The molecule has 2 aliphatic carbocycles. The Bertz CT molecular complexity index is 994. The first-order valence-corrected chi connectivity index (χ1v) is 9.18. The largest absolute Gasteiger partial charge is 0.302 e. The van der Waals surface area contributed by atoms with Crippen LogP contribution >= 0.6 is 11.8 Å². The van der Waals surface area contributed by atoms with Crippen molar-refractivity contribution in [3.05, 3.63) is 46.5 Å². The summed E-state index contributed by atoms with van der Waals surface area (Å²) in [5, 5.41) is 22.4. The minimum absolute atomic E-state index is 0.0785. The van der Waals surface area contributed by atoms with Crippen LogP contribution < -0.4 is 0 Å². The number of rotatable bonds is 5. The number of pyridine rings is 1. The smallest absolute Gasteiger partial charge is 0.278 e. The van der Waals surface area contributed by atoms with Gasteiger partial charge in [0.25, 0.3) is 5.69 Å². The van der Waals surface area contributed by atoms with Gasteiger partial charge in [-0.15, -0.1) is 10.2 Å². The summed E-state index contributed by atoms with van der Waals surface area (Å²) in [5.74, 6) is 1.66. The number of hydrogen-bond donors (Lipinski definition) is 0. The fourth-order valence-electron chi connectivity index (χ4n) is 3.15. The number of hydrogen-bond acceptors (Lipinski definition) is 6. The topological polar surface area (TPSA) is 86.7 Å². The molecule has 0 saturated heterocycles. The molecule has 0 N–H and O–H groups in total. The normalized spacial score (nSPS) is 17.1. The van der Waals surface area contributed by atoms with Crippen molar-refractivity contribution >= 4 is 28.2 Å². The summed E-state index contributed by atoms with van der Waals surface area (Å²) in [5.41, 5.74) is 0.0785. The van der Waals surface area contributed by atoms with Crippen LogP contribution in [0.1, 0.15) is 43.5 Å². The van der Waals surface area contributed by atoms with Crippen molar-refractivity contribution in [2.75, 3.05) is 0 Å². The van der Waals surface area contributed by atoms with Gasteiger partial charge in [-0.05, 0) is 49.6 Å². The monoisotopic (exact) mass is 353 g/mol. The van der Waals surface area contributed by atoms with Crippen molar-refractivity contribution in [2.24, 2.45) is 0 Å². The summed E-state index contributed by atoms with van der Waals surface area (Å²) in [6.07, 6.45) is 7.96. The Hall–Kier alpha value is -2.48. The molecule has 5 rings (SSSR count). The van der Waals surface area contributed by atoms with Gasteiger partial charge in [-0.3, -0.25) is 15.1 Å². The lowest BCUT2D eigenvalue weighted by Gasteiger charge is -2.09. The van der Waals surface area contributed by atoms with Gasteiger partial charge in [0.05, 0.1) is 10.3 Å². The number of aromatic nitrogens is 4. The maximum absolute atomic E-state index is 11.3. The quantitative estimate of drug-likeness (QED) is 0.507. The van der Waals surface area contributed by atoms with E-state index in [0.717, 1.165) is 21.3 Å². The number of non-ortho nitro benzene ring substituents is 1. The highest BCUT2D eigenvalue weighted by atomic mass is 32.2. The van der Waals surface area contributed by atoms with Gasteiger partial charge in [0, 0.05) is 40.7 Å². The average molecular weight is 353 g/mol. The van der Waals surface area contributed by atoms with Gasteiger partial charge >= 0.3 is 0 Å². The van der Waals surface area contributed by atoms with Gasteiger partial charge in [0.1, 0.15) is 5.82 Å². The zero-order valence-corrected chi connectivity index (χ0v) is 14.1. The van der Waals surface area contributed by atoms with E-state index in [0.29, 0.717) is 17.3 Å². The Morgan fingerprint density at radius 2 is 1.96 bits per heavy atom. The van der Waals surface area contributed by atoms with Crippen LogP contribution in [-0.4, -0.2) is 24.7 Å². The standard InChI is InChI=1S/C17H15N5O2S/c23-22(24)14-5-6-15(12-7-8-18-9-13(12)14)25-17-20-19-16(10-1-2-10)21(17)11-3-4-11/h5-11H,1-4H2. The zero-order valence-electron chi connectivity index (χ0n) is 13.3. The maximum atomic E-state index is 11.3. The molecule has 7 nitrogen and oxygen atoms in total. The lowest BCUT2D eigenvalue weighted by molar-refractivity contribution is -0.383. The molecule has 0 spiro atoms. The van der Waals surface area contributed by atoms with Gasteiger partial charge in [-0.25, -0.2) is 0 Å². The first-order valence-electron chi connectivity index (χ1n) is 8.36. The Labute approximate surface area is 147 Å². The van der Waals surface area contributed by atoms with E-state index in [1.807, 2.05) is 6.07 Å². The average Bonchev–Trinajstić information content (AvgIpc) is 3.54. The summed E-state index contributed by atoms with van der Waals surface area (Å²) in [7, 11) is 0. The van der Waals surface area contributed by atoms with Crippen LogP contribution in [0, 0.1) is 10.1 Å². The molecule has 0 atom stereocenters. The van der Waals surface area contributed by atoms with Crippen LogP contribution in [-0.2, 0) is 0 Å². The van der Waals surface area contributed by atoms with Gasteiger partial charge < -0.3 is 4.57 Å². The van der Waals surface area contributed by atoms with Gasteiger partial charge in [0.2, 0.25) is 0 Å². The van der Waals surface area contributed by atoms with Crippen molar-refractivity contribution in [1.29, 1.82) is 0 Å². The minimum atomic E-state index is -0.365. The third-order valence-corrected chi connectivity index (χ3v) is 5.74. The summed E-state index contributed by atoms with van der Waals surface area (Å²) in [6.45, 7) is 0. The second-order valence-corrected chi connectivity index (χ2v) is 7.59. The summed E-state index contributed by atoms with van der Waals surface area (Å²) in [4.78, 5) is 15.9. The molecule has 2 aromatic heterocycles. The van der Waals surface area contributed by atoms with Crippen LogP contribution in [0.2, 0.25) is 0 Å². The number of nitrogens with zero attached hydrogens (tertiary/aromatic N) is 5. The van der Waals surface area contributed by atoms with Crippen molar-refractivity contribution in [3.8, 4) is 0 Å². The Morgan fingerprint density at radius 1 is 1.12 bits per heavy atom. The molecule has 126 valence electrons. The molecule has 1 aromatic carbocycles. The third kappa shape index (κ3) is 2.57. The van der Waals surface area contributed by atoms with Crippen molar-refractivity contribution < 1.29 is 4.92 Å². The van der Waals surface area contributed by atoms with E-state index in [1.54, 1.807) is 24.5 Å². The molecule has 0 aliphatic heterocycles.